The lowest BCUT2D eigenvalue weighted by Crippen LogP contribution is -2.46. The van der Waals surface area contributed by atoms with E-state index in [1.54, 1.807) is 11.0 Å². The van der Waals surface area contributed by atoms with E-state index in [1.165, 1.54) is 30.5 Å². The number of nitrogens with one attached hydrogen (secondary N) is 1. The fourth-order valence-electron chi connectivity index (χ4n) is 4.02. The first-order chi connectivity index (χ1) is 14.8. The Bertz CT molecular complexity index is 1010. The lowest BCUT2D eigenvalue weighted by molar-refractivity contribution is -0.137. The predicted octanol–water partition coefficient (Wildman–Crippen LogP) is 4.42. The normalized spacial score (nSPS) is 19.7. The van der Waals surface area contributed by atoms with E-state index in [9.17, 15) is 22.4 Å². The van der Waals surface area contributed by atoms with Crippen molar-refractivity contribution >= 4 is 29.2 Å². The van der Waals surface area contributed by atoms with Crippen molar-refractivity contribution in [1.82, 2.24) is 4.90 Å². The molecular weight excluding hydrogens is 412 g/mol. The third kappa shape index (κ3) is 4.27. The Kier molecular flexibility index (Phi) is 5.70. The maximum Gasteiger partial charge on any atom is 0.418 e. The Balaban J connectivity index is 1.61. The van der Waals surface area contributed by atoms with Crippen LogP contribution in [0.5, 0.6) is 0 Å². The van der Waals surface area contributed by atoms with Crippen molar-refractivity contribution in [3.63, 3.8) is 0 Å². The van der Waals surface area contributed by atoms with Crippen LogP contribution in [0.4, 0.5) is 34.6 Å². The highest BCUT2D eigenvalue weighted by atomic mass is 19.4. The Morgan fingerprint density at radius 1 is 1.16 bits per heavy atom. The number of amides is 1. The SMILES string of the molecule is CCN1CCN(c2ccc(N=CC3C(=O)Nc4cccc(F)c43)cc2C(F)(F)F)CC1. The zero-order valence-corrected chi connectivity index (χ0v) is 16.9. The summed E-state index contributed by atoms with van der Waals surface area (Å²) < 4.78 is 55.5. The summed E-state index contributed by atoms with van der Waals surface area (Å²) in [5, 5.41) is 2.56. The molecule has 1 saturated heterocycles. The number of anilines is 2. The van der Waals surface area contributed by atoms with Crippen LogP contribution in [0.1, 0.15) is 24.0 Å². The van der Waals surface area contributed by atoms with Gasteiger partial charge in [-0.25, -0.2) is 4.39 Å². The molecule has 2 aliphatic heterocycles. The lowest BCUT2D eigenvalue weighted by Gasteiger charge is -2.36. The van der Waals surface area contributed by atoms with Gasteiger partial charge in [-0.2, -0.15) is 13.2 Å². The average Bonchev–Trinajstić information content (AvgIpc) is 3.08. The maximum absolute atomic E-state index is 14.2. The highest BCUT2D eigenvalue weighted by molar-refractivity contribution is 6.12. The van der Waals surface area contributed by atoms with Crippen molar-refractivity contribution in [2.75, 3.05) is 42.9 Å². The minimum absolute atomic E-state index is 0.0564. The lowest BCUT2D eigenvalue weighted by atomic mass is 10.0. The molecule has 0 aromatic heterocycles. The van der Waals surface area contributed by atoms with Crippen molar-refractivity contribution in [3.8, 4) is 0 Å². The van der Waals surface area contributed by atoms with Crippen molar-refractivity contribution < 1.29 is 22.4 Å². The minimum Gasteiger partial charge on any atom is -0.368 e. The molecule has 9 heteroatoms. The monoisotopic (exact) mass is 434 g/mol. The predicted molar refractivity (Wildman–Crippen MR) is 112 cm³/mol. The largest absolute Gasteiger partial charge is 0.418 e. The number of rotatable bonds is 4. The van der Waals surface area contributed by atoms with E-state index >= 15 is 0 Å². The second-order valence-corrected chi connectivity index (χ2v) is 7.57. The number of carbonyl (C=O) groups excluding carboxylic acids is 1. The second-order valence-electron chi connectivity index (χ2n) is 7.57. The molecule has 1 amide bonds. The fraction of sp³-hybridized carbons (Fsp3) is 0.364. The number of likely N-dealkylation sites (N-methyl/N-ethyl adjacent to an activating group) is 1. The van der Waals surface area contributed by atoms with Gasteiger partial charge >= 0.3 is 6.18 Å². The Hall–Kier alpha value is -2.94. The highest BCUT2D eigenvalue weighted by Crippen LogP contribution is 2.40. The van der Waals surface area contributed by atoms with Gasteiger partial charge in [-0.1, -0.05) is 13.0 Å². The fourth-order valence-corrected chi connectivity index (χ4v) is 4.02. The van der Waals surface area contributed by atoms with Gasteiger partial charge in [-0.15, -0.1) is 0 Å². The zero-order valence-electron chi connectivity index (χ0n) is 16.9. The van der Waals surface area contributed by atoms with Crippen molar-refractivity contribution in [3.05, 3.63) is 53.3 Å². The van der Waals surface area contributed by atoms with Crippen LogP contribution < -0.4 is 10.2 Å². The average molecular weight is 434 g/mol. The topological polar surface area (TPSA) is 47.9 Å². The number of hydrogen-bond donors (Lipinski definition) is 1. The molecule has 31 heavy (non-hydrogen) atoms. The number of piperazine rings is 1. The number of alkyl halides is 3. The molecule has 1 fully saturated rings. The number of nitrogens with zero attached hydrogens (tertiary/aromatic N) is 3. The summed E-state index contributed by atoms with van der Waals surface area (Å²) in [5.41, 5.74) is -0.0932. The summed E-state index contributed by atoms with van der Waals surface area (Å²) in [7, 11) is 0. The van der Waals surface area contributed by atoms with Crippen molar-refractivity contribution in [2.24, 2.45) is 4.99 Å². The van der Waals surface area contributed by atoms with Gasteiger partial charge in [0.25, 0.3) is 0 Å². The van der Waals surface area contributed by atoms with E-state index in [1.807, 2.05) is 6.92 Å². The van der Waals surface area contributed by atoms with E-state index in [0.29, 0.717) is 31.9 Å². The first kappa shape index (κ1) is 21.3. The quantitative estimate of drug-likeness (QED) is 0.572. The molecule has 2 aliphatic rings. The molecule has 1 N–H and O–H groups in total. The highest BCUT2D eigenvalue weighted by Gasteiger charge is 2.36. The van der Waals surface area contributed by atoms with Gasteiger partial charge < -0.3 is 15.1 Å². The van der Waals surface area contributed by atoms with Crippen LogP contribution in [0.2, 0.25) is 0 Å². The molecule has 0 aliphatic carbocycles. The second kappa shape index (κ2) is 8.30. The van der Waals surface area contributed by atoms with Gasteiger partial charge in [0.2, 0.25) is 5.91 Å². The number of hydrogen-bond acceptors (Lipinski definition) is 4. The molecule has 1 atom stereocenters. The Morgan fingerprint density at radius 2 is 1.90 bits per heavy atom. The molecule has 0 saturated carbocycles. The van der Waals surface area contributed by atoms with Crippen molar-refractivity contribution in [1.29, 1.82) is 0 Å². The number of benzene rings is 2. The van der Waals surface area contributed by atoms with Crippen LogP contribution >= 0.6 is 0 Å². The van der Waals surface area contributed by atoms with E-state index in [0.717, 1.165) is 12.6 Å². The van der Waals surface area contributed by atoms with E-state index in [-0.39, 0.29) is 16.9 Å². The maximum atomic E-state index is 14.2. The molecule has 2 aromatic rings. The van der Waals surface area contributed by atoms with Crippen LogP contribution in [-0.2, 0) is 11.0 Å². The molecule has 0 bridgehead atoms. The molecule has 164 valence electrons. The van der Waals surface area contributed by atoms with Crippen LogP contribution in [0, 0.1) is 5.82 Å². The molecule has 2 heterocycles. The smallest absolute Gasteiger partial charge is 0.368 e. The molecule has 0 spiro atoms. The number of fused-ring (bicyclic) bond motifs is 1. The number of aliphatic imine (C=N–C) groups is 1. The van der Waals surface area contributed by atoms with Crippen LogP contribution in [0.3, 0.4) is 0 Å². The van der Waals surface area contributed by atoms with E-state index < -0.39 is 29.4 Å². The third-order valence-electron chi connectivity index (χ3n) is 5.72. The van der Waals surface area contributed by atoms with Gasteiger partial charge in [0.1, 0.15) is 11.7 Å². The summed E-state index contributed by atoms with van der Waals surface area (Å²) in [6.07, 6.45) is -3.36. The van der Waals surface area contributed by atoms with Gasteiger partial charge in [0.15, 0.2) is 0 Å². The summed E-state index contributed by atoms with van der Waals surface area (Å²) in [4.78, 5) is 20.2. The molecule has 0 radical (unpaired) electrons. The zero-order chi connectivity index (χ0) is 22.2. The number of halogens is 4. The van der Waals surface area contributed by atoms with Crippen LogP contribution in [0.25, 0.3) is 0 Å². The Labute approximate surface area is 177 Å². The van der Waals surface area contributed by atoms with E-state index in [2.05, 4.69) is 15.2 Å². The standard InChI is InChI=1S/C22H22F4N4O/c1-2-29-8-10-30(11-9-29)19-7-6-14(12-16(19)22(24,25)26)27-13-15-20-17(23)4-3-5-18(20)28-21(15)31/h3-7,12-13,15H,2,8-11H2,1H3,(H,28,31). The van der Waals surface area contributed by atoms with E-state index in [4.69, 9.17) is 0 Å². The van der Waals surface area contributed by atoms with Gasteiger partial charge in [0, 0.05) is 49.3 Å². The number of carbonyl (C=O) groups is 1. The molecular formula is C22H22F4N4O. The summed E-state index contributed by atoms with van der Waals surface area (Å²) in [6.45, 7) is 5.32. The summed E-state index contributed by atoms with van der Waals surface area (Å²) in [5.74, 6) is -2.03. The molecule has 2 aromatic carbocycles. The summed E-state index contributed by atoms with van der Waals surface area (Å²) >= 11 is 0. The molecule has 1 unspecified atom stereocenters. The molecule has 5 nitrogen and oxygen atoms in total. The summed E-state index contributed by atoms with van der Waals surface area (Å²) in [6, 6.07) is 8.16. The minimum atomic E-state index is -4.55. The van der Waals surface area contributed by atoms with Crippen LogP contribution in [0.15, 0.2) is 41.4 Å². The third-order valence-corrected chi connectivity index (χ3v) is 5.72. The first-order valence-corrected chi connectivity index (χ1v) is 10.1. The van der Waals surface area contributed by atoms with Crippen molar-refractivity contribution in [2.45, 2.75) is 19.0 Å². The Morgan fingerprint density at radius 3 is 2.58 bits per heavy atom. The van der Waals surface area contributed by atoms with Gasteiger partial charge in [-0.05, 0) is 36.9 Å². The molecule has 4 rings (SSSR count). The van der Waals surface area contributed by atoms with Crippen LogP contribution in [-0.4, -0.2) is 49.7 Å². The first-order valence-electron chi connectivity index (χ1n) is 10.1. The van der Waals surface area contributed by atoms with Gasteiger partial charge in [-0.3, -0.25) is 9.79 Å². The van der Waals surface area contributed by atoms with Gasteiger partial charge in [0.05, 0.1) is 11.3 Å².